The number of hydrogen-bond donors (Lipinski definition) is 2. The highest BCUT2D eigenvalue weighted by atomic mass is 16.2. The molecule has 1 aliphatic carbocycles. The van der Waals surface area contributed by atoms with Gasteiger partial charge in [-0.1, -0.05) is 12.8 Å². The lowest BCUT2D eigenvalue weighted by Crippen LogP contribution is -2.50. The quantitative estimate of drug-likeness (QED) is 0.837. The summed E-state index contributed by atoms with van der Waals surface area (Å²) in [5.74, 6) is -0.0398. The van der Waals surface area contributed by atoms with Crippen molar-refractivity contribution in [3.05, 3.63) is 54.4 Å². The predicted molar refractivity (Wildman–Crippen MR) is 113 cm³/mol. The van der Waals surface area contributed by atoms with Gasteiger partial charge in [-0.25, -0.2) is 4.79 Å². The van der Waals surface area contributed by atoms with Crippen molar-refractivity contribution in [1.82, 2.24) is 15.2 Å². The lowest BCUT2D eigenvalue weighted by atomic mass is 10.1. The second-order valence-corrected chi connectivity index (χ2v) is 7.64. The molecule has 0 atom stereocenters. The van der Waals surface area contributed by atoms with Gasteiger partial charge in [0.1, 0.15) is 0 Å². The first-order valence-corrected chi connectivity index (χ1v) is 10.3. The van der Waals surface area contributed by atoms with Crippen molar-refractivity contribution in [2.24, 2.45) is 0 Å². The summed E-state index contributed by atoms with van der Waals surface area (Å²) >= 11 is 0. The van der Waals surface area contributed by atoms with Crippen molar-refractivity contribution in [1.29, 1.82) is 0 Å². The van der Waals surface area contributed by atoms with Crippen LogP contribution in [0.15, 0.2) is 48.8 Å². The number of aromatic nitrogens is 1. The Morgan fingerprint density at radius 1 is 0.897 bits per heavy atom. The predicted octanol–water partition coefficient (Wildman–Crippen LogP) is 3.11. The molecular formula is C22H27N5O2. The third-order valence-electron chi connectivity index (χ3n) is 5.68. The Labute approximate surface area is 171 Å². The molecule has 2 fully saturated rings. The van der Waals surface area contributed by atoms with Gasteiger partial charge in [-0.3, -0.25) is 9.78 Å². The van der Waals surface area contributed by atoms with E-state index in [0.717, 1.165) is 31.6 Å². The highest BCUT2D eigenvalue weighted by Gasteiger charge is 2.22. The second kappa shape index (κ2) is 8.94. The molecule has 1 saturated heterocycles. The molecule has 2 heterocycles. The summed E-state index contributed by atoms with van der Waals surface area (Å²) in [4.78, 5) is 33.0. The van der Waals surface area contributed by atoms with E-state index in [1.807, 2.05) is 17.0 Å². The molecule has 152 valence electrons. The molecule has 1 aromatic heterocycles. The van der Waals surface area contributed by atoms with E-state index in [-0.39, 0.29) is 11.9 Å². The van der Waals surface area contributed by atoms with Crippen LogP contribution in [-0.2, 0) is 0 Å². The molecule has 0 bridgehead atoms. The van der Waals surface area contributed by atoms with Crippen LogP contribution in [0.2, 0.25) is 0 Å². The first kappa shape index (κ1) is 19.2. The molecule has 1 aromatic carbocycles. The lowest BCUT2D eigenvalue weighted by molar-refractivity contribution is 0.0938. The monoisotopic (exact) mass is 393 g/mol. The maximum atomic E-state index is 12.6. The van der Waals surface area contributed by atoms with Crippen LogP contribution < -0.4 is 15.5 Å². The van der Waals surface area contributed by atoms with Gasteiger partial charge in [0.05, 0.1) is 0 Å². The number of carbonyl (C=O) groups excluding carboxylic acids is 2. The fraction of sp³-hybridized carbons (Fsp3) is 0.409. The van der Waals surface area contributed by atoms with Gasteiger partial charge in [-0.05, 0) is 49.2 Å². The van der Waals surface area contributed by atoms with Gasteiger partial charge in [0, 0.05) is 61.6 Å². The smallest absolute Gasteiger partial charge is 0.321 e. The summed E-state index contributed by atoms with van der Waals surface area (Å²) in [6.45, 7) is 2.90. The molecule has 4 rings (SSSR count). The standard InChI is InChI=1S/C22H27N5O2/c28-21(24-18-3-1-2-4-18)17-5-7-19(8-6-17)25-22(29)27-15-13-26(14-16-27)20-9-11-23-12-10-20/h5-12,18H,1-4,13-16H2,(H,24,28)(H,25,29). The Morgan fingerprint density at radius 3 is 2.21 bits per heavy atom. The molecule has 0 spiro atoms. The Kier molecular flexibility index (Phi) is 5.93. The van der Waals surface area contributed by atoms with Crippen LogP contribution in [0.3, 0.4) is 0 Å². The van der Waals surface area contributed by atoms with Crippen molar-refractivity contribution in [3.63, 3.8) is 0 Å². The van der Waals surface area contributed by atoms with Crippen LogP contribution in [-0.4, -0.2) is 54.0 Å². The number of piperazine rings is 1. The zero-order valence-electron chi connectivity index (χ0n) is 16.5. The molecule has 2 N–H and O–H groups in total. The number of nitrogens with zero attached hydrogens (tertiary/aromatic N) is 3. The second-order valence-electron chi connectivity index (χ2n) is 7.64. The van der Waals surface area contributed by atoms with E-state index < -0.39 is 0 Å². The highest BCUT2D eigenvalue weighted by Crippen LogP contribution is 2.19. The number of pyridine rings is 1. The van der Waals surface area contributed by atoms with Gasteiger partial charge in [-0.2, -0.15) is 0 Å². The molecule has 2 aromatic rings. The molecule has 7 nitrogen and oxygen atoms in total. The van der Waals surface area contributed by atoms with E-state index >= 15 is 0 Å². The first-order valence-electron chi connectivity index (χ1n) is 10.3. The highest BCUT2D eigenvalue weighted by molar-refractivity contribution is 5.95. The number of benzene rings is 1. The first-order chi connectivity index (χ1) is 14.2. The summed E-state index contributed by atoms with van der Waals surface area (Å²) in [7, 11) is 0. The summed E-state index contributed by atoms with van der Waals surface area (Å²) < 4.78 is 0. The van der Waals surface area contributed by atoms with Crippen molar-refractivity contribution >= 4 is 23.3 Å². The Morgan fingerprint density at radius 2 is 1.55 bits per heavy atom. The summed E-state index contributed by atoms with van der Waals surface area (Å²) in [5.41, 5.74) is 2.45. The van der Waals surface area contributed by atoms with Crippen LogP contribution in [0, 0.1) is 0 Å². The largest absolute Gasteiger partial charge is 0.368 e. The van der Waals surface area contributed by atoms with Crippen LogP contribution >= 0.6 is 0 Å². The number of carbonyl (C=O) groups is 2. The molecule has 3 amide bonds. The Bertz CT molecular complexity index is 826. The zero-order valence-corrected chi connectivity index (χ0v) is 16.5. The molecule has 0 radical (unpaired) electrons. The third-order valence-corrected chi connectivity index (χ3v) is 5.68. The van der Waals surface area contributed by atoms with Crippen molar-refractivity contribution in [3.8, 4) is 0 Å². The molecule has 1 saturated carbocycles. The van der Waals surface area contributed by atoms with Gasteiger partial charge >= 0.3 is 6.03 Å². The molecule has 1 aliphatic heterocycles. The van der Waals surface area contributed by atoms with Crippen LogP contribution in [0.4, 0.5) is 16.2 Å². The third kappa shape index (κ3) is 4.85. The van der Waals surface area contributed by atoms with E-state index in [4.69, 9.17) is 0 Å². The van der Waals surface area contributed by atoms with E-state index in [9.17, 15) is 9.59 Å². The van der Waals surface area contributed by atoms with Crippen LogP contribution in [0.25, 0.3) is 0 Å². The van der Waals surface area contributed by atoms with E-state index in [0.29, 0.717) is 30.4 Å². The average Bonchev–Trinajstić information content (AvgIpc) is 3.28. The zero-order chi connectivity index (χ0) is 20.1. The fourth-order valence-corrected chi connectivity index (χ4v) is 3.97. The number of hydrogen-bond acceptors (Lipinski definition) is 4. The number of anilines is 2. The number of amides is 3. The number of urea groups is 1. The summed E-state index contributed by atoms with van der Waals surface area (Å²) in [6, 6.07) is 11.3. The maximum Gasteiger partial charge on any atom is 0.321 e. The van der Waals surface area contributed by atoms with Gasteiger partial charge in [0.2, 0.25) is 0 Å². The average molecular weight is 393 g/mol. The maximum absolute atomic E-state index is 12.6. The minimum atomic E-state index is -0.109. The SMILES string of the molecule is O=C(NC1CCCC1)c1ccc(NC(=O)N2CCN(c3ccncc3)CC2)cc1. The van der Waals surface area contributed by atoms with Crippen molar-refractivity contribution < 1.29 is 9.59 Å². The van der Waals surface area contributed by atoms with Crippen molar-refractivity contribution in [2.75, 3.05) is 36.4 Å². The Balaban J connectivity index is 1.27. The molecular weight excluding hydrogens is 366 g/mol. The number of rotatable bonds is 4. The van der Waals surface area contributed by atoms with Gasteiger partial charge < -0.3 is 20.4 Å². The normalized spacial score (nSPS) is 17.2. The van der Waals surface area contributed by atoms with Crippen LogP contribution in [0.5, 0.6) is 0 Å². The minimum absolute atomic E-state index is 0.0398. The Hall–Kier alpha value is -3.09. The van der Waals surface area contributed by atoms with E-state index in [1.54, 1.807) is 36.7 Å². The lowest BCUT2D eigenvalue weighted by Gasteiger charge is -2.36. The minimum Gasteiger partial charge on any atom is -0.368 e. The summed E-state index contributed by atoms with van der Waals surface area (Å²) in [5, 5.41) is 6.01. The molecule has 0 unspecified atom stereocenters. The topological polar surface area (TPSA) is 77.6 Å². The van der Waals surface area contributed by atoms with Gasteiger partial charge in [-0.15, -0.1) is 0 Å². The van der Waals surface area contributed by atoms with Gasteiger partial charge in [0.25, 0.3) is 5.91 Å². The molecule has 2 aliphatic rings. The molecule has 7 heteroatoms. The fourth-order valence-electron chi connectivity index (χ4n) is 3.97. The van der Waals surface area contributed by atoms with E-state index in [1.165, 1.54) is 12.8 Å². The van der Waals surface area contributed by atoms with E-state index in [2.05, 4.69) is 20.5 Å². The number of nitrogens with one attached hydrogen (secondary N) is 2. The van der Waals surface area contributed by atoms with Crippen LogP contribution in [0.1, 0.15) is 36.0 Å². The van der Waals surface area contributed by atoms with Crippen molar-refractivity contribution in [2.45, 2.75) is 31.7 Å². The molecule has 29 heavy (non-hydrogen) atoms. The summed E-state index contributed by atoms with van der Waals surface area (Å²) in [6.07, 6.45) is 8.07. The van der Waals surface area contributed by atoms with Gasteiger partial charge in [0.15, 0.2) is 0 Å².